The number of hydrogen-bond donors (Lipinski definition) is 2. The van der Waals surface area contributed by atoms with Gasteiger partial charge in [0.1, 0.15) is 23.4 Å². The standard InChI is InChI=1S/C13H13N5O/c1-19-9-4-2-3-8(5-9)6-10-17-11-12(14)15-7-16-13(11)18-10/h2-5,7H,6H2,1H3,(H3,14,15,16,17,18). The van der Waals surface area contributed by atoms with Crippen LogP contribution in [0.1, 0.15) is 11.4 Å². The van der Waals surface area contributed by atoms with E-state index in [2.05, 4.69) is 19.9 Å². The Bertz CT molecular complexity index is 722. The molecule has 0 spiro atoms. The Morgan fingerprint density at radius 3 is 3.00 bits per heavy atom. The summed E-state index contributed by atoms with van der Waals surface area (Å²) in [5.74, 6) is 2.04. The van der Waals surface area contributed by atoms with Crippen molar-refractivity contribution in [2.75, 3.05) is 12.8 Å². The Balaban J connectivity index is 1.94. The third kappa shape index (κ3) is 2.20. The summed E-state index contributed by atoms with van der Waals surface area (Å²) >= 11 is 0. The van der Waals surface area contributed by atoms with Crippen LogP contribution in [0.3, 0.4) is 0 Å². The van der Waals surface area contributed by atoms with Gasteiger partial charge in [0.2, 0.25) is 0 Å². The highest BCUT2D eigenvalue weighted by Crippen LogP contribution is 2.18. The van der Waals surface area contributed by atoms with Gasteiger partial charge in [-0.2, -0.15) is 0 Å². The van der Waals surface area contributed by atoms with Crippen molar-refractivity contribution in [2.24, 2.45) is 0 Å². The van der Waals surface area contributed by atoms with E-state index >= 15 is 0 Å². The second-order valence-electron chi connectivity index (χ2n) is 4.17. The van der Waals surface area contributed by atoms with Crippen LogP contribution in [0.25, 0.3) is 11.2 Å². The Morgan fingerprint density at radius 2 is 2.21 bits per heavy atom. The molecule has 0 fully saturated rings. The number of aromatic amines is 1. The van der Waals surface area contributed by atoms with E-state index in [1.807, 2.05) is 24.3 Å². The number of nitrogens with zero attached hydrogens (tertiary/aromatic N) is 3. The van der Waals surface area contributed by atoms with Gasteiger partial charge in [-0.25, -0.2) is 15.0 Å². The molecule has 0 unspecified atom stereocenters. The minimum atomic E-state index is 0.411. The van der Waals surface area contributed by atoms with E-state index in [-0.39, 0.29) is 0 Å². The van der Waals surface area contributed by atoms with Crippen molar-refractivity contribution in [3.8, 4) is 5.75 Å². The Kier molecular flexibility index (Phi) is 2.75. The molecule has 0 radical (unpaired) electrons. The molecule has 96 valence electrons. The van der Waals surface area contributed by atoms with Gasteiger partial charge in [-0.3, -0.25) is 0 Å². The minimum Gasteiger partial charge on any atom is -0.497 e. The molecule has 0 saturated carbocycles. The summed E-state index contributed by atoms with van der Waals surface area (Å²) in [4.78, 5) is 15.6. The molecule has 3 aromatic rings. The molecule has 3 N–H and O–H groups in total. The first-order chi connectivity index (χ1) is 9.26. The number of benzene rings is 1. The first-order valence-corrected chi connectivity index (χ1v) is 5.84. The van der Waals surface area contributed by atoms with E-state index in [4.69, 9.17) is 10.5 Å². The van der Waals surface area contributed by atoms with E-state index in [9.17, 15) is 0 Å². The van der Waals surface area contributed by atoms with E-state index in [1.54, 1.807) is 7.11 Å². The molecular weight excluding hydrogens is 242 g/mol. The minimum absolute atomic E-state index is 0.411. The topological polar surface area (TPSA) is 89.7 Å². The second kappa shape index (κ2) is 4.56. The molecule has 2 heterocycles. The highest BCUT2D eigenvalue weighted by atomic mass is 16.5. The lowest BCUT2D eigenvalue weighted by Gasteiger charge is -2.02. The van der Waals surface area contributed by atoms with Gasteiger partial charge in [0.05, 0.1) is 7.11 Å². The lowest BCUT2D eigenvalue weighted by molar-refractivity contribution is 0.414. The number of hydrogen-bond acceptors (Lipinski definition) is 5. The fourth-order valence-corrected chi connectivity index (χ4v) is 1.95. The Hall–Kier alpha value is -2.63. The van der Waals surface area contributed by atoms with Crippen LogP contribution < -0.4 is 10.5 Å². The molecule has 0 aliphatic carbocycles. The Labute approximate surface area is 109 Å². The van der Waals surface area contributed by atoms with Crippen molar-refractivity contribution >= 4 is 17.0 Å². The molecule has 0 bridgehead atoms. The molecule has 2 aromatic heterocycles. The van der Waals surface area contributed by atoms with E-state index in [1.165, 1.54) is 6.33 Å². The van der Waals surface area contributed by atoms with Gasteiger partial charge in [-0.05, 0) is 17.7 Å². The zero-order valence-electron chi connectivity index (χ0n) is 10.4. The van der Waals surface area contributed by atoms with Crippen molar-refractivity contribution in [3.05, 3.63) is 42.0 Å². The SMILES string of the molecule is COc1cccc(Cc2nc3ncnc(N)c3[nH]2)c1. The number of anilines is 1. The van der Waals surface area contributed by atoms with Crippen molar-refractivity contribution < 1.29 is 4.74 Å². The first-order valence-electron chi connectivity index (χ1n) is 5.84. The van der Waals surface area contributed by atoms with E-state index in [0.717, 1.165) is 17.1 Å². The molecule has 6 nitrogen and oxygen atoms in total. The molecule has 0 aliphatic rings. The summed E-state index contributed by atoms with van der Waals surface area (Å²) in [5, 5.41) is 0. The lowest BCUT2D eigenvalue weighted by Crippen LogP contribution is -1.92. The summed E-state index contributed by atoms with van der Waals surface area (Å²) in [6, 6.07) is 7.85. The monoisotopic (exact) mass is 255 g/mol. The summed E-state index contributed by atoms with van der Waals surface area (Å²) in [7, 11) is 1.65. The summed E-state index contributed by atoms with van der Waals surface area (Å²) in [5.41, 5.74) is 8.14. The van der Waals surface area contributed by atoms with E-state index < -0.39 is 0 Å². The molecular formula is C13H13N5O. The highest BCUT2D eigenvalue weighted by Gasteiger charge is 2.08. The normalized spacial score (nSPS) is 10.8. The zero-order valence-corrected chi connectivity index (χ0v) is 10.4. The third-order valence-electron chi connectivity index (χ3n) is 2.87. The number of nitrogens with one attached hydrogen (secondary N) is 1. The molecule has 3 rings (SSSR count). The van der Waals surface area contributed by atoms with Crippen LogP contribution in [0.2, 0.25) is 0 Å². The van der Waals surface area contributed by atoms with Gasteiger partial charge in [0, 0.05) is 6.42 Å². The molecule has 0 amide bonds. The van der Waals surface area contributed by atoms with Crippen molar-refractivity contribution in [1.29, 1.82) is 0 Å². The fraction of sp³-hybridized carbons (Fsp3) is 0.154. The summed E-state index contributed by atoms with van der Waals surface area (Å²) in [6.45, 7) is 0. The zero-order chi connectivity index (χ0) is 13.2. The molecule has 6 heteroatoms. The highest BCUT2D eigenvalue weighted by molar-refractivity contribution is 5.81. The maximum Gasteiger partial charge on any atom is 0.183 e. The predicted octanol–water partition coefficient (Wildman–Crippen LogP) is 1.53. The van der Waals surface area contributed by atoms with Crippen LogP contribution in [-0.2, 0) is 6.42 Å². The predicted molar refractivity (Wildman–Crippen MR) is 71.9 cm³/mol. The first kappa shape index (κ1) is 11.5. The number of H-pyrrole nitrogens is 1. The third-order valence-corrected chi connectivity index (χ3v) is 2.87. The summed E-state index contributed by atoms with van der Waals surface area (Å²) < 4.78 is 5.20. The van der Waals surface area contributed by atoms with Crippen LogP contribution in [0.4, 0.5) is 5.82 Å². The van der Waals surface area contributed by atoms with Crippen LogP contribution >= 0.6 is 0 Å². The Morgan fingerprint density at radius 1 is 1.32 bits per heavy atom. The van der Waals surface area contributed by atoms with Gasteiger partial charge in [-0.15, -0.1) is 0 Å². The molecule has 0 aliphatic heterocycles. The van der Waals surface area contributed by atoms with Crippen LogP contribution in [0, 0.1) is 0 Å². The van der Waals surface area contributed by atoms with Crippen LogP contribution in [0.5, 0.6) is 5.75 Å². The number of ether oxygens (including phenoxy) is 1. The maximum absolute atomic E-state index is 5.77. The van der Waals surface area contributed by atoms with Gasteiger partial charge in [0.25, 0.3) is 0 Å². The van der Waals surface area contributed by atoms with Gasteiger partial charge >= 0.3 is 0 Å². The largest absolute Gasteiger partial charge is 0.497 e. The fourth-order valence-electron chi connectivity index (χ4n) is 1.95. The lowest BCUT2D eigenvalue weighted by atomic mass is 10.1. The van der Waals surface area contributed by atoms with Gasteiger partial charge < -0.3 is 15.5 Å². The number of nitrogen functional groups attached to an aromatic ring is 1. The number of fused-ring (bicyclic) bond motifs is 1. The van der Waals surface area contributed by atoms with Crippen LogP contribution in [-0.4, -0.2) is 27.0 Å². The summed E-state index contributed by atoms with van der Waals surface area (Å²) in [6.07, 6.45) is 2.07. The van der Waals surface area contributed by atoms with E-state index in [0.29, 0.717) is 23.4 Å². The smallest absolute Gasteiger partial charge is 0.183 e. The number of methoxy groups -OCH3 is 1. The quantitative estimate of drug-likeness (QED) is 0.740. The molecule has 19 heavy (non-hydrogen) atoms. The van der Waals surface area contributed by atoms with Crippen LogP contribution in [0.15, 0.2) is 30.6 Å². The number of nitrogens with two attached hydrogens (primary N) is 1. The molecule has 0 atom stereocenters. The van der Waals surface area contributed by atoms with Gasteiger partial charge in [-0.1, -0.05) is 12.1 Å². The molecule has 0 saturated heterocycles. The second-order valence-corrected chi connectivity index (χ2v) is 4.17. The average Bonchev–Trinajstić information content (AvgIpc) is 2.83. The number of imidazole rings is 1. The average molecular weight is 255 g/mol. The number of rotatable bonds is 3. The maximum atomic E-state index is 5.77. The van der Waals surface area contributed by atoms with Crippen molar-refractivity contribution in [3.63, 3.8) is 0 Å². The molecule has 1 aromatic carbocycles. The number of aromatic nitrogens is 4. The van der Waals surface area contributed by atoms with Crippen molar-refractivity contribution in [1.82, 2.24) is 19.9 Å². The van der Waals surface area contributed by atoms with Gasteiger partial charge in [0.15, 0.2) is 11.5 Å². The van der Waals surface area contributed by atoms with Crippen molar-refractivity contribution in [2.45, 2.75) is 6.42 Å².